The monoisotopic (exact) mass is 339 g/mol. The Morgan fingerprint density at radius 1 is 1.14 bits per heavy atom. The number of ether oxygens (including phenoxy) is 1. The van der Waals surface area contributed by atoms with E-state index in [2.05, 4.69) is 5.32 Å². The molecule has 0 atom stereocenters. The summed E-state index contributed by atoms with van der Waals surface area (Å²) in [7, 11) is -3.25. The van der Waals surface area contributed by atoms with Gasteiger partial charge in [0.25, 0.3) is 5.91 Å². The van der Waals surface area contributed by atoms with Gasteiger partial charge in [0.1, 0.15) is 5.75 Å². The van der Waals surface area contributed by atoms with Crippen LogP contribution in [-0.4, -0.2) is 27.2 Å². The number of para-hydroxylation sites is 1. The SMILES string of the molecule is CS(=O)(=O)c1ccc(OCC(=O)Nc2ccccc2Cl)cc1. The van der Waals surface area contributed by atoms with Crippen LogP contribution < -0.4 is 10.1 Å². The number of halogens is 1. The summed E-state index contributed by atoms with van der Waals surface area (Å²) >= 11 is 5.93. The fraction of sp³-hybridized carbons (Fsp3) is 0.133. The summed E-state index contributed by atoms with van der Waals surface area (Å²) < 4.78 is 28.0. The molecule has 0 aliphatic rings. The number of rotatable bonds is 5. The zero-order valence-corrected chi connectivity index (χ0v) is 13.3. The van der Waals surface area contributed by atoms with Crippen molar-refractivity contribution in [2.75, 3.05) is 18.2 Å². The molecular weight excluding hydrogens is 326 g/mol. The van der Waals surface area contributed by atoms with Gasteiger partial charge in [-0.25, -0.2) is 8.42 Å². The Bertz CT molecular complexity index is 772. The molecule has 1 amide bonds. The highest BCUT2D eigenvalue weighted by atomic mass is 35.5. The van der Waals surface area contributed by atoms with Gasteiger partial charge in [0.2, 0.25) is 0 Å². The van der Waals surface area contributed by atoms with Crippen molar-refractivity contribution in [1.82, 2.24) is 0 Å². The molecule has 0 unspecified atom stereocenters. The van der Waals surface area contributed by atoms with Crippen molar-refractivity contribution in [3.05, 3.63) is 53.6 Å². The molecule has 0 aromatic heterocycles. The fourth-order valence-electron chi connectivity index (χ4n) is 1.68. The highest BCUT2D eigenvalue weighted by molar-refractivity contribution is 7.90. The van der Waals surface area contributed by atoms with Crippen molar-refractivity contribution < 1.29 is 17.9 Å². The molecule has 116 valence electrons. The van der Waals surface area contributed by atoms with Gasteiger partial charge >= 0.3 is 0 Å². The van der Waals surface area contributed by atoms with Crippen LogP contribution in [-0.2, 0) is 14.6 Å². The van der Waals surface area contributed by atoms with E-state index in [4.69, 9.17) is 16.3 Å². The van der Waals surface area contributed by atoms with Crippen LogP contribution in [0.5, 0.6) is 5.75 Å². The third-order valence-electron chi connectivity index (χ3n) is 2.77. The Morgan fingerprint density at radius 2 is 1.77 bits per heavy atom. The molecule has 5 nitrogen and oxygen atoms in total. The maximum atomic E-state index is 11.8. The van der Waals surface area contributed by atoms with Crippen LogP contribution in [0.15, 0.2) is 53.4 Å². The molecule has 22 heavy (non-hydrogen) atoms. The molecule has 2 rings (SSSR count). The Balaban J connectivity index is 1.93. The van der Waals surface area contributed by atoms with Crippen molar-refractivity contribution in [3.8, 4) is 5.75 Å². The van der Waals surface area contributed by atoms with E-state index >= 15 is 0 Å². The molecule has 0 bridgehead atoms. The number of benzene rings is 2. The van der Waals surface area contributed by atoms with Crippen LogP contribution in [0.25, 0.3) is 0 Å². The lowest BCUT2D eigenvalue weighted by molar-refractivity contribution is -0.118. The Morgan fingerprint density at radius 3 is 2.36 bits per heavy atom. The molecule has 7 heteroatoms. The summed E-state index contributed by atoms with van der Waals surface area (Å²) in [5.41, 5.74) is 0.505. The lowest BCUT2D eigenvalue weighted by Crippen LogP contribution is -2.20. The third kappa shape index (κ3) is 4.47. The summed E-state index contributed by atoms with van der Waals surface area (Å²) in [5, 5.41) is 3.06. The van der Waals surface area contributed by atoms with E-state index in [9.17, 15) is 13.2 Å². The zero-order valence-electron chi connectivity index (χ0n) is 11.7. The second-order valence-electron chi connectivity index (χ2n) is 4.56. The second kappa shape index (κ2) is 6.81. The maximum absolute atomic E-state index is 11.8. The van der Waals surface area contributed by atoms with Gasteiger partial charge in [0.15, 0.2) is 16.4 Å². The summed E-state index contributed by atoms with van der Waals surface area (Å²) in [6.45, 7) is -0.205. The standard InChI is InChI=1S/C15H14ClNO4S/c1-22(19,20)12-8-6-11(7-9-12)21-10-15(18)17-14-5-3-2-4-13(14)16/h2-9H,10H2,1H3,(H,17,18). The summed E-state index contributed by atoms with van der Waals surface area (Å²) in [4.78, 5) is 12.0. The Labute approximate surface area is 133 Å². The molecular formula is C15H14ClNO4S. The first-order valence-electron chi connectivity index (χ1n) is 6.33. The number of hydrogen-bond acceptors (Lipinski definition) is 4. The van der Waals surface area contributed by atoms with Crippen molar-refractivity contribution in [2.24, 2.45) is 0 Å². The molecule has 2 aromatic carbocycles. The topological polar surface area (TPSA) is 72.5 Å². The third-order valence-corrected chi connectivity index (χ3v) is 4.23. The van der Waals surface area contributed by atoms with E-state index in [0.717, 1.165) is 6.26 Å². The lowest BCUT2D eigenvalue weighted by Gasteiger charge is -2.09. The number of sulfone groups is 1. The minimum Gasteiger partial charge on any atom is -0.484 e. The van der Waals surface area contributed by atoms with Crippen molar-refractivity contribution in [2.45, 2.75) is 4.90 Å². The number of anilines is 1. The number of hydrogen-bond donors (Lipinski definition) is 1. The molecule has 0 aliphatic carbocycles. The van der Waals surface area contributed by atoms with Crippen LogP contribution in [0.1, 0.15) is 0 Å². The average molecular weight is 340 g/mol. The van der Waals surface area contributed by atoms with E-state index in [-0.39, 0.29) is 17.4 Å². The summed E-state index contributed by atoms with van der Waals surface area (Å²) in [5.74, 6) is 0.0435. The van der Waals surface area contributed by atoms with Crippen LogP contribution >= 0.6 is 11.6 Å². The molecule has 0 heterocycles. The zero-order chi connectivity index (χ0) is 16.2. The van der Waals surface area contributed by atoms with Gasteiger partial charge in [-0.05, 0) is 36.4 Å². The molecule has 2 aromatic rings. The largest absolute Gasteiger partial charge is 0.484 e. The van der Waals surface area contributed by atoms with Gasteiger partial charge in [0, 0.05) is 6.26 Å². The minimum absolute atomic E-state index is 0.195. The van der Waals surface area contributed by atoms with Gasteiger partial charge in [-0.15, -0.1) is 0 Å². The maximum Gasteiger partial charge on any atom is 0.262 e. The Hall–Kier alpha value is -2.05. The minimum atomic E-state index is -3.25. The average Bonchev–Trinajstić information content (AvgIpc) is 2.47. The first kappa shape index (κ1) is 16.3. The number of amides is 1. The Kier molecular flexibility index (Phi) is 5.05. The number of nitrogens with one attached hydrogen (secondary N) is 1. The van der Waals surface area contributed by atoms with E-state index < -0.39 is 9.84 Å². The smallest absolute Gasteiger partial charge is 0.262 e. The van der Waals surface area contributed by atoms with E-state index in [0.29, 0.717) is 16.5 Å². The summed E-state index contributed by atoms with van der Waals surface area (Å²) in [6.07, 6.45) is 1.12. The molecule has 0 spiro atoms. The second-order valence-corrected chi connectivity index (χ2v) is 6.98. The van der Waals surface area contributed by atoms with Gasteiger partial charge in [-0.1, -0.05) is 23.7 Å². The molecule has 1 N–H and O–H groups in total. The highest BCUT2D eigenvalue weighted by Gasteiger charge is 2.08. The predicted octanol–water partition coefficient (Wildman–Crippen LogP) is 2.76. The van der Waals surface area contributed by atoms with Gasteiger partial charge in [-0.2, -0.15) is 0 Å². The van der Waals surface area contributed by atoms with Gasteiger partial charge < -0.3 is 10.1 Å². The molecule has 0 aliphatic heterocycles. The van der Waals surface area contributed by atoms with Gasteiger partial charge in [-0.3, -0.25) is 4.79 Å². The number of carbonyl (C=O) groups is 1. The van der Waals surface area contributed by atoms with Crippen molar-refractivity contribution in [3.63, 3.8) is 0 Å². The first-order valence-corrected chi connectivity index (χ1v) is 8.60. The summed E-state index contributed by atoms with van der Waals surface area (Å²) in [6, 6.07) is 12.7. The molecule has 0 saturated carbocycles. The van der Waals surface area contributed by atoms with Crippen LogP contribution in [0.3, 0.4) is 0 Å². The first-order chi connectivity index (χ1) is 10.4. The van der Waals surface area contributed by atoms with E-state index in [1.807, 2.05) is 0 Å². The predicted molar refractivity (Wildman–Crippen MR) is 85.1 cm³/mol. The van der Waals surface area contributed by atoms with Gasteiger partial charge in [0.05, 0.1) is 15.6 Å². The molecule has 0 saturated heterocycles. The van der Waals surface area contributed by atoms with Crippen molar-refractivity contribution >= 4 is 33.0 Å². The molecule has 0 radical (unpaired) electrons. The van der Waals surface area contributed by atoms with Crippen molar-refractivity contribution in [1.29, 1.82) is 0 Å². The number of carbonyl (C=O) groups excluding carboxylic acids is 1. The van der Waals surface area contributed by atoms with Crippen LogP contribution in [0.4, 0.5) is 5.69 Å². The quantitative estimate of drug-likeness (QED) is 0.909. The molecule has 0 fully saturated rings. The normalized spacial score (nSPS) is 11.0. The lowest BCUT2D eigenvalue weighted by atomic mass is 10.3. The highest BCUT2D eigenvalue weighted by Crippen LogP contribution is 2.20. The fourth-order valence-corrected chi connectivity index (χ4v) is 2.49. The van der Waals surface area contributed by atoms with Crippen LogP contribution in [0, 0.1) is 0 Å². The van der Waals surface area contributed by atoms with Crippen LogP contribution in [0.2, 0.25) is 5.02 Å². The van der Waals surface area contributed by atoms with E-state index in [1.54, 1.807) is 24.3 Å². The van der Waals surface area contributed by atoms with E-state index in [1.165, 1.54) is 24.3 Å².